The SMILES string of the molecule is CC(C)(C)c1ccc(NC(=O)Nc2cccc(S(=O)(=O)O)c2)cc1. The molecule has 128 valence electrons. The van der Waals surface area contributed by atoms with Crippen molar-refractivity contribution in [1.82, 2.24) is 0 Å². The number of carbonyl (C=O) groups is 1. The molecule has 0 radical (unpaired) electrons. The van der Waals surface area contributed by atoms with Crippen molar-refractivity contribution >= 4 is 27.5 Å². The maximum atomic E-state index is 12.0. The Bertz CT molecular complexity index is 838. The molecular formula is C17H20N2O4S. The lowest BCUT2D eigenvalue weighted by Crippen LogP contribution is -2.19. The van der Waals surface area contributed by atoms with Crippen LogP contribution in [0.2, 0.25) is 0 Å². The van der Waals surface area contributed by atoms with E-state index < -0.39 is 16.1 Å². The lowest BCUT2D eigenvalue weighted by atomic mass is 9.87. The van der Waals surface area contributed by atoms with Gasteiger partial charge in [-0.05, 0) is 41.3 Å². The first-order chi connectivity index (χ1) is 11.1. The summed E-state index contributed by atoms with van der Waals surface area (Å²) in [7, 11) is -4.31. The van der Waals surface area contributed by atoms with Crippen LogP contribution in [-0.4, -0.2) is 19.0 Å². The van der Waals surface area contributed by atoms with E-state index in [4.69, 9.17) is 4.55 Å². The van der Waals surface area contributed by atoms with Crippen molar-refractivity contribution in [1.29, 1.82) is 0 Å². The van der Waals surface area contributed by atoms with Gasteiger partial charge in [0.2, 0.25) is 0 Å². The third kappa shape index (κ3) is 4.81. The Morgan fingerprint density at radius 1 is 0.958 bits per heavy atom. The predicted octanol–water partition coefficient (Wildman–Crippen LogP) is 3.87. The third-order valence-electron chi connectivity index (χ3n) is 3.40. The molecule has 0 saturated carbocycles. The van der Waals surface area contributed by atoms with Crippen molar-refractivity contribution < 1.29 is 17.8 Å². The molecule has 24 heavy (non-hydrogen) atoms. The van der Waals surface area contributed by atoms with Crippen molar-refractivity contribution in [2.75, 3.05) is 10.6 Å². The van der Waals surface area contributed by atoms with E-state index in [9.17, 15) is 13.2 Å². The number of amides is 2. The molecule has 0 atom stereocenters. The van der Waals surface area contributed by atoms with E-state index in [-0.39, 0.29) is 16.0 Å². The lowest BCUT2D eigenvalue weighted by molar-refractivity contribution is 0.262. The first-order valence-electron chi connectivity index (χ1n) is 7.32. The monoisotopic (exact) mass is 348 g/mol. The molecule has 7 heteroatoms. The van der Waals surface area contributed by atoms with Gasteiger partial charge in [-0.1, -0.05) is 39.0 Å². The molecule has 0 unspecified atom stereocenters. The number of urea groups is 1. The van der Waals surface area contributed by atoms with Gasteiger partial charge in [0.1, 0.15) is 0 Å². The number of carbonyl (C=O) groups excluding carboxylic acids is 1. The average Bonchev–Trinajstić information content (AvgIpc) is 2.46. The van der Waals surface area contributed by atoms with E-state index in [0.29, 0.717) is 5.69 Å². The van der Waals surface area contributed by atoms with Gasteiger partial charge in [-0.2, -0.15) is 8.42 Å². The minimum absolute atomic E-state index is 0.0248. The van der Waals surface area contributed by atoms with E-state index >= 15 is 0 Å². The summed E-state index contributed by atoms with van der Waals surface area (Å²) in [5, 5.41) is 5.19. The van der Waals surface area contributed by atoms with Crippen LogP contribution >= 0.6 is 0 Å². The number of hydrogen-bond acceptors (Lipinski definition) is 3. The molecule has 2 amide bonds. The molecule has 0 saturated heterocycles. The molecule has 0 aromatic heterocycles. The lowest BCUT2D eigenvalue weighted by Gasteiger charge is -2.19. The first-order valence-corrected chi connectivity index (χ1v) is 8.76. The summed E-state index contributed by atoms with van der Waals surface area (Å²) >= 11 is 0. The van der Waals surface area contributed by atoms with E-state index in [1.807, 2.05) is 12.1 Å². The zero-order valence-electron chi connectivity index (χ0n) is 13.7. The highest BCUT2D eigenvalue weighted by atomic mass is 32.2. The summed E-state index contributed by atoms with van der Waals surface area (Å²) in [5.41, 5.74) is 2.05. The van der Waals surface area contributed by atoms with Gasteiger partial charge in [-0.15, -0.1) is 0 Å². The van der Waals surface area contributed by atoms with E-state index in [2.05, 4.69) is 31.4 Å². The van der Waals surface area contributed by atoms with Crippen molar-refractivity contribution in [3.8, 4) is 0 Å². The Labute approximate surface area is 141 Å². The molecule has 3 N–H and O–H groups in total. The van der Waals surface area contributed by atoms with E-state index in [1.54, 1.807) is 12.1 Å². The number of hydrogen-bond donors (Lipinski definition) is 3. The Balaban J connectivity index is 2.06. The molecule has 0 fully saturated rings. The Morgan fingerprint density at radius 3 is 2.08 bits per heavy atom. The van der Waals surface area contributed by atoms with Crippen LogP contribution in [0.1, 0.15) is 26.3 Å². The van der Waals surface area contributed by atoms with Crippen LogP contribution in [0.25, 0.3) is 0 Å². The quantitative estimate of drug-likeness (QED) is 0.734. The van der Waals surface area contributed by atoms with Crippen LogP contribution in [-0.2, 0) is 15.5 Å². The Kier molecular flexibility index (Phi) is 4.96. The highest BCUT2D eigenvalue weighted by Crippen LogP contribution is 2.23. The van der Waals surface area contributed by atoms with Crippen molar-refractivity contribution in [2.24, 2.45) is 0 Å². The predicted molar refractivity (Wildman–Crippen MR) is 94.0 cm³/mol. The smallest absolute Gasteiger partial charge is 0.308 e. The molecule has 2 aromatic rings. The fraction of sp³-hybridized carbons (Fsp3) is 0.235. The third-order valence-corrected chi connectivity index (χ3v) is 4.25. The first kappa shape index (κ1) is 18.0. The van der Waals surface area contributed by atoms with Gasteiger partial charge in [0.25, 0.3) is 10.1 Å². The summed E-state index contributed by atoms with van der Waals surface area (Å²) in [4.78, 5) is 11.7. The largest absolute Gasteiger partial charge is 0.323 e. The zero-order valence-corrected chi connectivity index (χ0v) is 14.5. The molecule has 0 bridgehead atoms. The summed E-state index contributed by atoms with van der Waals surface area (Å²) in [5.74, 6) is 0. The maximum absolute atomic E-state index is 12.0. The minimum Gasteiger partial charge on any atom is -0.308 e. The van der Waals surface area contributed by atoms with Crippen LogP contribution in [0.3, 0.4) is 0 Å². The fourth-order valence-electron chi connectivity index (χ4n) is 2.08. The van der Waals surface area contributed by atoms with Crippen LogP contribution in [0.4, 0.5) is 16.2 Å². The number of nitrogens with one attached hydrogen (secondary N) is 2. The second-order valence-corrected chi connectivity index (χ2v) is 7.83. The summed E-state index contributed by atoms with van der Waals surface area (Å²) in [6.45, 7) is 6.30. The minimum atomic E-state index is -4.31. The van der Waals surface area contributed by atoms with Crippen LogP contribution in [0.5, 0.6) is 0 Å². The van der Waals surface area contributed by atoms with E-state index in [0.717, 1.165) is 5.56 Å². The fourth-order valence-corrected chi connectivity index (χ4v) is 2.61. The zero-order chi connectivity index (χ0) is 18.0. The van der Waals surface area contributed by atoms with Gasteiger partial charge < -0.3 is 10.6 Å². The standard InChI is InChI=1S/C17H20N2O4S/c1-17(2,3)12-7-9-13(10-8-12)18-16(20)19-14-5-4-6-15(11-14)24(21,22)23/h4-11H,1-3H3,(H2,18,19,20)(H,21,22,23). The summed E-state index contributed by atoms with van der Waals surface area (Å²) in [6.07, 6.45) is 0. The summed E-state index contributed by atoms with van der Waals surface area (Å²) in [6, 6.07) is 12.3. The molecule has 0 spiro atoms. The van der Waals surface area contributed by atoms with Gasteiger partial charge in [-0.25, -0.2) is 4.79 Å². The maximum Gasteiger partial charge on any atom is 0.323 e. The molecule has 2 aromatic carbocycles. The van der Waals surface area contributed by atoms with E-state index in [1.165, 1.54) is 24.3 Å². The van der Waals surface area contributed by atoms with Gasteiger partial charge in [0.05, 0.1) is 4.90 Å². The molecule has 0 aliphatic rings. The van der Waals surface area contributed by atoms with Gasteiger partial charge in [0.15, 0.2) is 0 Å². The summed E-state index contributed by atoms with van der Waals surface area (Å²) < 4.78 is 31.2. The topological polar surface area (TPSA) is 95.5 Å². The molecule has 0 aliphatic carbocycles. The second-order valence-electron chi connectivity index (χ2n) is 6.41. The van der Waals surface area contributed by atoms with Crippen LogP contribution in [0.15, 0.2) is 53.4 Å². The number of rotatable bonds is 3. The van der Waals surface area contributed by atoms with Crippen molar-refractivity contribution in [3.05, 3.63) is 54.1 Å². The average molecular weight is 348 g/mol. The van der Waals surface area contributed by atoms with Crippen molar-refractivity contribution in [2.45, 2.75) is 31.1 Å². The highest BCUT2D eigenvalue weighted by Gasteiger charge is 2.14. The molecule has 0 aliphatic heterocycles. The Hall–Kier alpha value is -2.38. The van der Waals surface area contributed by atoms with Crippen LogP contribution < -0.4 is 10.6 Å². The highest BCUT2D eigenvalue weighted by molar-refractivity contribution is 7.85. The molecule has 0 heterocycles. The molecule has 6 nitrogen and oxygen atoms in total. The second kappa shape index (κ2) is 6.62. The Morgan fingerprint density at radius 2 is 1.54 bits per heavy atom. The van der Waals surface area contributed by atoms with Crippen LogP contribution in [0, 0.1) is 0 Å². The number of benzene rings is 2. The normalized spacial score (nSPS) is 11.8. The molecular weight excluding hydrogens is 328 g/mol. The van der Waals surface area contributed by atoms with Gasteiger partial charge >= 0.3 is 6.03 Å². The molecule has 2 rings (SSSR count). The van der Waals surface area contributed by atoms with Gasteiger partial charge in [-0.3, -0.25) is 4.55 Å². The van der Waals surface area contributed by atoms with Gasteiger partial charge in [0, 0.05) is 11.4 Å². The number of anilines is 2. The van der Waals surface area contributed by atoms with Crippen molar-refractivity contribution in [3.63, 3.8) is 0 Å².